The zero-order valence-electron chi connectivity index (χ0n) is 59.4. The third-order valence-corrected chi connectivity index (χ3v) is 17.8. The molecule has 0 radical (unpaired) electrons. The summed E-state index contributed by atoms with van der Waals surface area (Å²) in [5.74, 6) is 1.54. The van der Waals surface area contributed by atoms with Crippen LogP contribution in [0.1, 0.15) is 142 Å². The van der Waals surface area contributed by atoms with Crippen LogP contribution in [0.4, 0.5) is 22.7 Å². The van der Waals surface area contributed by atoms with Gasteiger partial charge in [0.1, 0.15) is 24.0 Å². The fourth-order valence-electron chi connectivity index (χ4n) is 13.0. The Balaban J connectivity index is 0.944. The highest BCUT2D eigenvalue weighted by Crippen LogP contribution is 2.53. The van der Waals surface area contributed by atoms with E-state index in [4.69, 9.17) is 12.5 Å². The molecule has 0 bridgehead atoms. The first-order valence-electron chi connectivity index (χ1n) is 33.9. The Hall–Kier alpha value is -8.67. The first-order valence-corrected chi connectivity index (χ1v) is 29.9. The van der Waals surface area contributed by atoms with E-state index in [0.717, 1.165) is 74.5 Å². The van der Waals surface area contributed by atoms with Crippen LogP contribution >= 0.6 is 0 Å². The lowest BCUT2D eigenvalue weighted by Crippen LogP contribution is -2.33. The molecule has 9 aromatic carbocycles. The van der Waals surface area contributed by atoms with Gasteiger partial charge in [-0.15, -0.1) is 0 Å². The smallest absolute Gasteiger partial charge is 0.137 e. The largest absolute Gasteiger partial charge is 0.457 e. The molecule has 85 heavy (non-hydrogen) atoms. The summed E-state index contributed by atoms with van der Waals surface area (Å²) in [4.78, 5) is 9.55. The maximum Gasteiger partial charge on any atom is 0.137 e. The topological polar surface area (TPSA) is 33.5 Å². The van der Waals surface area contributed by atoms with E-state index in [1.54, 1.807) is 0 Å². The van der Waals surface area contributed by atoms with E-state index in [9.17, 15) is 8.22 Å². The number of ether oxygens (including phenoxy) is 1. The number of benzene rings is 9. The van der Waals surface area contributed by atoms with E-state index < -0.39 is 0 Å². The van der Waals surface area contributed by atoms with Gasteiger partial charge in [0, 0.05) is 51.5 Å². The van der Waals surface area contributed by atoms with E-state index in [-0.39, 0.29) is 86.5 Å². The number of fused-ring (bicyclic) bond motifs is 5. The number of hydrogen-bond donors (Lipinski definition) is 0. The van der Waals surface area contributed by atoms with Crippen molar-refractivity contribution in [1.29, 1.82) is 0 Å². The molecule has 11 aromatic rings. The number of nitrogens with zero attached hydrogens (tertiary/aromatic N) is 4. The van der Waals surface area contributed by atoms with Crippen LogP contribution in [0.3, 0.4) is 0 Å². The fraction of sp³-hybridized carbons (Fsp3) is 0.263. The normalized spacial score (nSPS) is 16.2. The van der Waals surface area contributed by atoms with Crippen LogP contribution in [-0.4, -0.2) is 16.2 Å². The van der Waals surface area contributed by atoms with Gasteiger partial charge in [0.25, 0.3) is 0 Å². The predicted octanol–water partition coefficient (Wildman–Crippen LogP) is 22.1. The lowest BCUT2D eigenvalue weighted by Gasteiger charge is -2.42. The van der Waals surface area contributed by atoms with Gasteiger partial charge < -0.3 is 14.5 Å². The van der Waals surface area contributed by atoms with Crippen LogP contribution < -0.4 is 14.5 Å². The summed E-state index contributed by atoms with van der Waals surface area (Å²) in [5, 5.41) is 1.02. The first kappa shape index (κ1) is 46.7. The molecule has 5 heteroatoms. The summed E-state index contributed by atoms with van der Waals surface area (Å²) in [6, 6.07) is 51.7. The van der Waals surface area contributed by atoms with E-state index in [0.29, 0.717) is 56.9 Å². The highest BCUT2D eigenvalue weighted by molar-refractivity contribution is 6.09. The van der Waals surface area contributed by atoms with E-state index >= 15 is 0 Å². The molecular weight excluding hydrogens is 1030 g/mol. The van der Waals surface area contributed by atoms with Gasteiger partial charge in [-0.2, -0.15) is 0 Å². The quantitative estimate of drug-likeness (QED) is 0.144. The van der Waals surface area contributed by atoms with E-state index in [2.05, 4.69) is 167 Å². The zero-order chi connectivity index (χ0) is 66.3. The van der Waals surface area contributed by atoms with Gasteiger partial charge in [-0.05, 0) is 144 Å². The van der Waals surface area contributed by atoms with Gasteiger partial charge in [0.2, 0.25) is 0 Å². The SMILES string of the molecule is [2H]c1c([2H])c(-c2cccc(-c3ccc4c(c3)C(C)(C)CCC4(C)C)c2N2CN(c3cccc(Oc4ccc5c6c([2H])c([2H])c([2H])c([2H])c6n(-c6cc(C(C)(C)C)c(-c7ccccc7)cn6)c5c4)c3)c3ccccc32)c([2H])c([2H])c1-c1ccc(C(C)(C)C)cc1C(C)(C)C. The van der Waals surface area contributed by atoms with Gasteiger partial charge >= 0.3 is 0 Å². The highest BCUT2D eigenvalue weighted by Gasteiger charge is 2.38. The average molecular weight is 1120 g/mol. The molecule has 0 atom stereocenters. The lowest BCUT2D eigenvalue weighted by atomic mass is 9.63. The van der Waals surface area contributed by atoms with Gasteiger partial charge in [0.15, 0.2) is 0 Å². The van der Waals surface area contributed by atoms with Gasteiger partial charge in [-0.3, -0.25) is 4.57 Å². The van der Waals surface area contributed by atoms with Crippen LogP contribution in [-0.2, 0) is 27.1 Å². The molecule has 0 N–H and O–H groups in total. The summed E-state index contributed by atoms with van der Waals surface area (Å²) in [7, 11) is 0. The Morgan fingerprint density at radius 3 is 1.79 bits per heavy atom. The van der Waals surface area contributed by atoms with Crippen molar-refractivity contribution in [3.63, 3.8) is 0 Å². The molecule has 426 valence electrons. The minimum Gasteiger partial charge on any atom is -0.457 e. The van der Waals surface area contributed by atoms with Gasteiger partial charge in [0.05, 0.1) is 39.1 Å². The third-order valence-electron chi connectivity index (χ3n) is 17.8. The minimum absolute atomic E-state index is 0.0211. The fourth-order valence-corrected chi connectivity index (χ4v) is 13.0. The Bertz CT molecular complexity index is 4840. The Morgan fingerprint density at radius 2 is 1.08 bits per heavy atom. The van der Waals surface area contributed by atoms with Crippen molar-refractivity contribution < 1.29 is 15.7 Å². The van der Waals surface area contributed by atoms with Crippen molar-refractivity contribution in [3.8, 4) is 61.8 Å². The third kappa shape index (κ3) is 10.1. The maximum absolute atomic E-state index is 10.1. The molecular formula is C80H80N4O. The second-order valence-corrected chi connectivity index (χ2v) is 27.8. The average Bonchev–Trinajstić information content (AvgIpc) is 1.68. The summed E-state index contributed by atoms with van der Waals surface area (Å²) in [5.41, 5.74) is 14.8. The molecule has 0 saturated heterocycles. The summed E-state index contributed by atoms with van der Waals surface area (Å²) in [6.07, 6.45) is 3.97. The molecule has 0 fully saturated rings. The van der Waals surface area contributed by atoms with Gasteiger partial charge in [-0.1, -0.05) is 235 Å². The lowest BCUT2D eigenvalue weighted by molar-refractivity contribution is 0.332. The van der Waals surface area contributed by atoms with E-state index in [1.807, 2.05) is 102 Å². The number of para-hydroxylation sites is 4. The van der Waals surface area contributed by atoms with Crippen molar-refractivity contribution in [3.05, 3.63) is 240 Å². The number of anilines is 4. The van der Waals surface area contributed by atoms with Crippen molar-refractivity contribution in [2.75, 3.05) is 16.5 Å². The van der Waals surface area contributed by atoms with Crippen molar-refractivity contribution >= 4 is 44.6 Å². The molecule has 5 nitrogen and oxygen atoms in total. The molecule has 0 amide bonds. The molecule has 3 heterocycles. The molecule has 1 aliphatic carbocycles. The second kappa shape index (κ2) is 20.5. The second-order valence-electron chi connectivity index (χ2n) is 27.8. The minimum atomic E-state index is -0.370. The standard InChI is InChI=1S/C80H80N4O/c1-76(2,3)56-38-40-60(67(46-56)77(4,5)6)53-33-35-54(36-34-53)61-28-22-29-62(55-37-42-66-69(45-55)80(12,13)44-43-79(66,10)11)75(61)83-51-82(71-31-19-20-32-72(71)83)57-25-21-26-58(47-57)85-59-39-41-64-63-27-17-18-30-70(63)84(73(64)48-59)74-49-68(78(7,8)9)65(50-81-74)52-23-15-14-16-24-52/h14-42,45-50H,43-44,51H2,1-13H3/i17D,18D,27D,30D,33D,34D,35D,36D. The summed E-state index contributed by atoms with van der Waals surface area (Å²) < 4.78 is 84.9. The monoisotopic (exact) mass is 1120 g/mol. The molecule has 13 rings (SSSR count). The Morgan fingerprint density at radius 1 is 0.459 bits per heavy atom. The van der Waals surface area contributed by atoms with Crippen LogP contribution in [0.25, 0.3) is 72.1 Å². The van der Waals surface area contributed by atoms with Crippen LogP contribution in [0.2, 0.25) is 0 Å². The van der Waals surface area contributed by atoms with Crippen LogP contribution in [0.5, 0.6) is 11.5 Å². The molecule has 2 aromatic heterocycles. The number of rotatable bonds is 9. The Kier molecular flexibility index (Phi) is 11.3. The van der Waals surface area contributed by atoms with Crippen molar-refractivity contribution in [2.45, 2.75) is 130 Å². The highest BCUT2D eigenvalue weighted by atomic mass is 16.5. The molecule has 0 spiro atoms. The van der Waals surface area contributed by atoms with Crippen molar-refractivity contribution in [1.82, 2.24) is 9.55 Å². The number of pyridine rings is 1. The molecule has 1 aliphatic heterocycles. The van der Waals surface area contributed by atoms with Crippen LogP contribution in [0.15, 0.2) is 212 Å². The Labute approximate surface area is 515 Å². The first-order chi connectivity index (χ1) is 43.9. The zero-order valence-corrected chi connectivity index (χ0v) is 51.4. The van der Waals surface area contributed by atoms with Crippen molar-refractivity contribution in [2.24, 2.45) is 0 Å². The van der Waals surface area contributed by atoms with Gasteiger partial charge in [-0.25, -0.2) is 4.98 Å². The number of hydrogen-bond acceptors (Lipinski definition) is 4. The van der Waals surface area contributed by atoms with Crippen LogP contribution in [0, 0.1) is 0 Å². The predicted molar refractivity (Wildman–Crippen MR) is 360 cm³/mol. The number of aromatic nitrogens is 2. The molecule has 2 aliphatic rings. The molecule has 0 unspecified atom stereocenters. The summed E-state index contributed by atoms with van der Waals surface area (Å²) >= 11 is 0. The summed E-state index contributed by atoms with van der Waals surface area (Å²) in [6.45, 7) is 29.0. The van der Waals surface area contributed by atoms with E-state index in [1.165, 1.54) is 11.1 Å². The molecule has 0 saturated carbocycles. The maximum atomic E-state index is 10.1.